The van der Waals surface area contributed by atoms with Crippen LogP contribution in [-0.4, -0.2) is 23.9 Å². The molecule has 0 bridgehead atoms. The summed E-state index contributed by atoms with van der Waals surface area (Å²) >= 11 is 0. The molecule has 130 valence electrons. The van der Waals surface area contributed by atoms with Crippen LogP contribution in [0, 0.1) is 20.8 Å². The predicted molar refractivity (Wildman–Crippen MR) is 96.0 cm³/mol. The maximum Gasteiger partial charge on any atom is 0.241 e. The predicted octanol–water partition coefficient (Wildman–Crippen LogP) is 3.22. The Bertz CT molecular complexity index is 855. The van der Waals surface area contributed by atoms with Crippen molar-refractivity contribution in [2.24, 2.45) is 0 Å². The lowest BCUT2D eigenvalue weighted by atomic mass is 10.1. The van der Waals surface area contributed by atoms with Gasteiger partial charge in [0.1, 0.15) is 11.6 Å². The maximum atomic E-state index is 12.5. The third-order valence-corrected chi connectivity index (χ3v) is 5.10. The molecule has 2 N–H and O–H groups in total. The van der Waals surface area contributed by atoms with Crippen molar-refractivity contribution in [2.75, 3.05) is 5.32 Å². The van der Waals surface area contributed by atoms with E-state index in [0.717, 1.165) is 11.3 Å². The third kappa shape index (κ3) is 4.52. The first kappa shape index (κ1) is 18.4. The molecule has 1 aromatic carbocycles. The summed E-state index contributed by atoms with van der Waals surface area (Å²) in [5, 5.41) is 3.19. The van der Waals surface area contributed by atoms with E-state index in [0.29, 0.717) is 17.3 Å². The number of anilines is 2. The highest BCUT2D eigenvalue weighted by molar-refractivity contribution is 7.89. The summed E-state index contributed by atoms with van der Waals surface area (Å²) in [6.45, 7) is 11.1. The Labute approximate surface area is 143 Å². The molecule has 0 aliphatic carbocycles. The van der Waals surface area contributed by atoms with Gasteiger partial charge < -0.3 is 5.32 Å². The van der Waals surface area contributed by atoms with Gasteiger partial charge in [-0.2, -0.15) is 0 Å². The number of aromatic nitrogens is 2. The van der Waals surface area contributed by atoms with Crippen LogP contribution in [0.25, 0.3) is 0 Å². The molecule has 0 aliphatic heterocycles. The fourth-order valence-electron chi connectivity index (χ4n) is 2.23. The molecule has 0 saturated heterocycles. The van der Waals surface area contributed by atoms with Gasteiger partial charge in [-0.05, 0) is 59.7 Å². The number of nitrogens with one attached hydrogen (secondary N) is 2. The van der Waals surface area contributed by atoms with Crippen molar-refractivity contribution in [3.63, 3.8) is 0 Å². The third-order valence-electron chi connectivity index (χ3n) is 3.35. The van der Waals surface area contributed by atoms with E-state index in [1.165, 1.54) is 0 Å². The molecule has 0 radical (unpaired) electrons. The van der Waals surface area contributed by atoms with Crippen molar-refractivity contribution in [2.45, 2.75) is 52.0 Å². The van der Waals surface area contributed by atoms with Crippen LogP contribution < -0.4 is 10.0 Å². The lowest BCUT2D eigenvalue weighted by Gasteiger charge is -2.20. The Balaban J connectivity index is 2.35. The van der Waals surface area contributed by atoms with Gasteiger partial charge in [0.25, 0.3) is 0 Å². The second kappa shape index (κ2) is 6.49. The minimum Gasteiger partial charge on any atom is -0.340 e. The minimum absolute atomic E-state index is 0.211. The second-order valence-electron chi connectivity index (χ2n) is 6.84. The van der Waals surface area contributed by atoms with Crippen LogP contribution in [0.15, 0.2) is 29.2 Å². The first-order valence-corrected chi connectivity index (χ1v) is 9.19. The fourth-order valence-corrected chi connectivity index (χ4v) is 3.69. The highest BCUT2D eigenvalue weighted by Crippen LogP contribution is 2.23. The largest absolute Gasteiger partial charge is 0.340 e. The molecule has 0 spiro atoms. The Morgan fingerprint density at radius 1 is 1.04 bits per heavy atom. The second-order valence-corrected chi connectivity index (χ2v) is 8.52. The van der Waals surface area contributed by atoms with E-state index in [2.05, 4.69) is 20.0 Å². The number of benzene rings is 1. The maximum absolute atomic E-state index is 12.5. The van der Waals surface area contributed by atoms with Gasteiger partial charge in [-0.25, -0.2) is 23.1 Å². The molecular formula is C17H24N4O2S. The number of hydrogen-bond acceptors (Lipinski definition) is 5. The lowest BCUT2D eigenvalue weighted by Crippen LogP contribution is -2.40. The monoisotopic (exact) mass is 348 g/mol. The van der Waals surface area contributed by atoms with Crippen LogP contribution >= 0.6 is 0 Å². The van der Waals surface area contributed by atoms with Gasteiger partial charge in [0.2, 0.25) is 10.0 Å². The number of nitrogens with zero attached hydrogens (tertiary/aromatic N) is 2. The van der Waals surface area contributed by atoms with Gasteiger partial charge in [-0.15, -0.1) is 0 Å². The Hall–Kier alpha value is -1.99. The summed E-state index contributed by atoms with van der Waals surface area (Å²) in [4.78, 5) is 8.92. The van der Waals surface area contributed by atoms with Crippen LogP contribution in [0.2, 0.25) is 0 Å². The quantitative estimate of drug-likeness (QED) is 0.886. The van der Waals surface area contributed by atoms with Crippen LogP contribution in [-0.2, 0) is 10.0 Å². The number of rotatable bonds is 4. The van der Waals surface area contributed by atoms with Gasteiger partial charge in [0.15, 0.2) is 0 Å². The molecule has 0 unspecified atom stereocenters. The molecule has 6 nitrogen and oxygen atoms in total. The number of sulfonamides is 1. The molecule has 0 fully saturated rings. The van der Waals surface area contributed by atoms with E-state index in [1.807, 2.05) is 47.6 Å². The normalized spacial score (nSPS) is 12.2. The van der Waals surface area contributed by atoms with Crippen molar-refractivity contribution >= 4 is 21.5 Å². The van der Waals surface area contributed by atoms with Crippen molar-refractivity contribution in [1.82, 2.24) is 14.7 Å². The molecule has 0 aliphatic rings. The van der Waals surface area contributed by atoms with E-state index in [9.17, 15) is 8.42 Å². The van der Waals surface area contributed by atoms with Crippen molar-refractivity contribution in [3.8, 4) is 0 Å². The zero-order valence-corrected chi connectivity index (χ0v) is 15.7. The molecule has 24 heavy (non-hydrogen) atoms. The highest BCUT2D eigenvalue weighted by Gasteiger charge is 2.22. The molecule has 1 heterocycles. The molecule has 1 aromatic heterocycles. The van der Waals surface area contributed by atoms with Gasteiger partial charge in [-0.3, -0.25) is 0 Å². The van der Waals surface area contributed by atoms with E-state index in [4.69, 9.17) is 0 Å². The van der Waals surface area contributed by atoms with Gasteiger partial charge in [-0.1, -0.05) is 6.07 Å². The van der Waals surface area contributed by atoms with E-state index in [1.54, 1.807) is 18.2 Å². The van der Waals surface area contributed by atoms with Gasteiger partial charge >= 0.3 is 0 Å². The van der Waals surface area contributed by atoms with E-state index in [-0.39, 0.29) is 4.90 Å². The van der Waals surface area contributed by atoms with Crippen LogP contribution in [0.1, 0.15) is 37.9 Å². The molecule has 2 rings (SSSR count). The topological polar surface area (TPSA) is 84.0 Å². The van der Waals surface area contributed by atoms with Crippen LogP contribution in [0.5, 0.6) is 0 Å². The number of aryl methyl sites for hydroxylation is 2. The van der Waals surface area contributed by atoms with E-state index >= 15 is 0 Å². The summed E-state index contributed by atoms with van der Waals surface area (Å²) in [6.07, 6.45) is 0. The van der Waals surface area contributed by atoms with E-state index < -0.39 is 15.6 Å². The molecule has 0 atom stereocenters. The Morgan fingerprint density at radius 2 is 1.71 bits per heavy atom. The average molecular weight is 348 g/mol. The summed E-state index contributed by atoms with van der Waals surface area (Å²) in [7, 11) is -3.58. The van der Waals surface area contributed by atoms with Crippen LogP contribution in [0.4, 0.5) is 11.5 Å². The number of hydrogen-bond donors (Lipinski definition) is 2. The van der Waals surface area contributed by atoms with Gasteiger partial charge in [0, 0.05) is 22.5 Å². The molecule has 0 amide bonds. The zero-order valence-electron chi connectivity index (χ0n) is 14.9. The molecule has 0 saturated carbocycles. The summed E-state index contributed by atoms with van der Waals surface area (Å²) < 4.78 is 27.6. The van der Waals surface area contributed by atoms with Crippen molar-refractivity contribution < 1.29 is 8.42 Å². The first-order valence-electron chi connectivity index (χ1n) is 7.71. The average Bonchev–Trinajstić information content (AvgIpc) is 2.42. The fraction of sp³-hybridized carbons (Fsp3) is 0.412. The van der Waals surface area contributed by atoms with Crippen LogP contribution in [0.3, 0.4) is 0 Å². The molecule has 2 aromatic rings. The standard InChI is InChI=1S/C17H24N4O2S/c1-11-12(2)18-13(3)19-16(11)20-14-8-7-9-15(10-14)24(22,23)21-17(4,5)6/h7-10,21H,1-6H3,(H,18,19,20). The Morgan fingerprint density at radius 3 is 2.33 bits per heavy atom. The molecular weight excluding hydrogens is 324 g/mol. The summed E-state index contributed by atoms with van der Waals surface area (Å²) in [5.74, 6) is 1.34. The first-order chi connectivity index (χ1) is 11.0. The molecule has 7 heteroatoms. The highest BCUT2D eigenvalue weighted by atomic mass is 32.2. The SMILES string of the molecule is Cc1nc(C)c(C)c(Nc2cccc(S(=O)(=O)NC(C)(C)C)c2)n1. The van der Waals surface area contributed by atoms with Gasteiger partial charge in [0.05, 0.1) is 4.90 Å². The summed E-state index contributed by atoms with van der Waals surface area (Å²) in [6, 6.07) is 6.68. The summed E-state index contributed by atoms with van der Waals surface area (Å²) in [5.41, 5.74) is 1.94. The van der Waals surface area contributed by atoms with Crippen molar-refractivity contribution in [1.29, 1.82) is 0 Å². The van der Waals surface area contributed by atoms with Crippen molar-refractivity contribution in [3.05, 3.63) is 41.3 Å². The minimum atomic E-state index is -3.58. The smallest absolute Gasteiger partial charge is 0.241 e. The lowest BCUT2D eigenvalue weighted by molar-refractivity contribution is 0.491. The Kier molecular flexibility index (Phi) is 4.96. The zero-order chi connectivity index (χ0) is 18.1.